The molecule has 1 saturated carbocycles. The van der Waals surface area contributed by atoms with Gasteiger partial charge in [-0.2, -0.15) is 0 Å². The highest BCUT2D eigenvalue weighted by Crippen LogP contribution is 2.17. The van der Waals surface area contributed by atoms with E-state index in [2.05, 4.69) is 43.4 Å². The van der Waals surface area contributed by atoms with Crippen molar-refractivity contribution in [1.82, 2.24) is 5.32 Å². The lowest BCUT2D eigenvalue weighted by atomic mass is 10.1. The number of amides is 1. The third kappa shape index (κ3) is 11.7. The quantitative estimate of drug-likeness (QED) is 0.830. The van der Waals surface area contributed by atoms with Crippen molar-refractivity contribution in [3.8, 4) is 0 Å². The number of hydrogen-bond acceptors (Lipinski definition) is 2. The third-order valence-electron chi connectivity index (χ3n) is 2.66. The molecule has 2 N–H and O–H groups in total. The standard InChI is InChI=1S/C10H14.C4H7NO.C2H6.CH4O/c1-3-6-10-8-5-4-7-9(10)2;6-3-5-4-1-2-4;2*1-2/h4-5,7-8H,3,6H2,1-2H3;3-4H,1-2H2,(H,5,6);1-2H3;2H,1H3. The maximum Gasteiger partial charge on any atom is 0.207 e. The molecule has 0 unspecified atom stereocenters. The van der Waals surface area contributed by atoms with E-state index >= 15 is 0 Å². The Hall–Kier alpha value is -1.35. The molecule has 1 amide bonds. The van der Waals surface area contributed by atoms with Gasteiger partial charge in [0, 0.05) is 13.2 Å². The van der Waals surface area contributed by atoms with Gasteiger partial charge in [-0.15, -0.1) is 0 Å². The Morgan fingerprint density at radius 1 is 1.25 bits per heavy atom. The van der Waals surface area contributed by atoms with Crippen LogP contribution in [0.15, 0.2) is 24.3 Å². The van der Waals surface area contributed by atoms with Crippen molar-refractivity contribution in [3.63, 3.8) is 0 Å². The predicted molar refractivity (Wildman–Crippen MR) is 86.9 cm³/mol. The van der Waals surface area contributed by atoms with Crippen LogP contribution in [0.2, 0.25) is 0 Å². The first kappa shape index (κ1) is 21.0. The van der Waals surface area contributed by atoms with Crippen LogP contribution in [0, 0.1) is 6.92 Å². The number of aliphatic hydroxyl groups is 1. The number of nitrogens with one attached hydrogen (secondary N) is 1. The summed E-state index contributed by atoms with van der Waals surface area (Å²) in [5.74, 6) is 0. The lowest BCUT2D eigenvalue weighted by molar-refractivity contribution is -0.109. The molecule has 0 spiro atoms. The Balaban J connectivity index is 0. The van der Waals surface area contributed by atoms with Crippen LogP contribution in [0.4, 0.5) is 0 Å². The first-order chi connectivity index (χ1) is 9.77. The number of rotatable bonds is 4. The Labute approximate surface area is 124 Å². The van der Waals surface area contributed by atoms with Gasteiger partial charge in [0.1, 0.15) is 0 Å². The molecule has 3 nitrogen and oxygen atoms in total. The van der Waals surface area contributed by atoms with Crippen molar-refractivity contribution in [2.75, 3.05) is 7.11 Å². The molecule has 0 aliphatic heterocycles. The van der Waals surface area contributed by atoms with Crippen molar-refractivity contribution in [1.29, 1.82) is 0 Å². The van der Waals surface area contributed by atoms with Crippen LogP contribution in [0.25, 0.3) is 0 Å². The van der Waals surface area contributed by atoms with E-state index in [0.717, 1.165) is 13.5 Å². The average Bonchev–Trinajstić information content (AvgIpc) is 3.31. The van der Waals surface area contributed by atoms with Crippen LogP contribution in [-0.4, -0.2) is 24.7 Å². The monoisotopic (exact) mass is 281 g/mol. The Kier molecular flexibility index (Phi) is 16.5. The van der Waals surface area contributed by atoms with Gasteiger partial charge in [-0.1, -0.05) is 51.5 Å². The fourth-order valence-corrected chi connectivity index (χ4v) is 1.51. The number of aryl methyl sites for hydroxylation is 2. The second-order valence-electron chi connectivity index (χ2n) is 4.24. The molecule has 0 heterocycles. The van der Waals surface area contributed by atoms with E-state index in [4.69, 9.17) is 5.11 Å². The molecule has 1 fully saturated rings. The lowest BCUT2D eigenvalue weighted by Crippen LogP contribution is -2.11. The molecule has 0 radical (unpaired) electrons. The number of hydrogen-bond donors (Lipinski definition) is 2. The third-order valence-corrected chi connectivity index (χ3v) is 2.66. The summed E-state index contributed by atoms with van der Waals surface area (Å²) in [6, 6.07) is 9.11. The van der Waals surface area contributed by atoms with E-state index in [9.17, 15) is 4.79 Å². The summed E-state index contributed by atoms with van der Waals surface area (Å²) in [6.45, 7) is 8.39. The summed E-state index contributed by atoms with van der Waals surface area (Å²) in [5, 5.41) is 9.64. The molecule has 0 saturated heterocycles. The SMILES string of the molecule is CC.CCCc1ccccc1C.CO.O=CNC1CC1. The molecule has 3 heteroatoms. The van der Waals surface area contributed by atoms with E-state index in [0.29, 0.717) is 6.04 Å². The molecule has 1 aromatic carbocycles. The van der Waals surface area contributed by atoms with Gasteiger partial charge in [0.25, 0.3) is 0 Å². The highest BCUT2D eigenvalue weighted by Gasteiger charge is 2.18. The highest BCUT2D eigenvalue weighted by molar-refractivity contribution is 5.47. The van der Waals surface area contributed by atoms with E-state index in [1.165, 1.54) is 36.8 Å². The normalized spacial score (nSPS) is 11.5. The van der Waals surface area contributed by atoms with Gasteiger partial charge in [0.2, 0.25) is 6.41 Å². The van der Waals surface area contributed by atoms with Gasteiger partial charge >= 0.3 is 0 Å². The smallest absolute Gasteiger partial charge is 0.207 e. The van der Waals surface area contributed by atoms with Gasteiger partial charge in [-0.05, 0) is 37.3 Å². The fraction of sp³-hybridized carbons (Fsp3) is 0.588. The molecular weight excluding hydrogens is 250 g/mol. The van der Waals surface area contributed by atoms with Gasteiger partial charge in [0.15, 0.2) is 0 Å². The summed E-state index contributed by atoms with van der Waals surface area (Å²) in [4.78, 5) is 9.54. The van der Waals surface area contributed by atoms with E-state index in [-0.39, 0.29) is 0 Å². The maximum absolute atomic E-state index is 9.54. The molecule has 116 valence electrons. The van der Waals surface area contributed by atoms with Gasteiger partial charge in [0.05, 0.1) is 0 Å². The van der Waals surface area contributed by atoms with Crippen LogP contribution < -0.4 is 5.32 Å². The summed E-state index contributed by atoms with van der Waals surface area (Å²) >= 11 is 0. The zero-order valence-corrected chi connectivity index (χ0v) is 13.6. The number of benzene rings is 1. The van der Waals surface area contributed by atoms with Crippen molar-refractivity contribution < 1.29 is 9.90 Å². The summed E-state index contributed by atoms with van der Waals surface area (Å²) < 4.78 is 0. The zero-order valence-electron chi connectivity index (χ0n) is 13.6. The molecule has 1 aromatic rings. The second kappa shape index (κ2) is 15.7. The number of carbonyl (C=O) groups excluding carboxylic acids is 1. The molecule has 0 atom stereocenters. The van der Waals surface area contributed by atoms with E-state index in [1.807, 2.05) is 13.8 Å². The Bertz CT molecular complexity index is 323. The lowest BCUT2D eigenvalue weighted by Gasteiger charge is -2.01. The van der Waals surface area contributed by atoms with Crippen LogP contribution in [0.3, 0.4) is 0 Å². The second-order valence-corrected chi connectivity index (χ2v) is 4.24. The zero-order chi connectivity index (χ0) is 15.8. The molecule has 1 aliphatic carbocycles. The van der Waals surface area contributed by atoms with E-state index < -0.39 is 0 Å². The van der Waals surface area contributed by atoms with E-state index in [1.54, 1.807) is 0 Å². The summed E-state index contributed by atoms with van der Waals surface area (Å²) in [6.07, 6.45) is 5.58. The van der Waals surface area contributed by atoms with Crippen LogP contribution in [0.1, 0.15) is 51.2 Å². The fourth-order valence-electron chi connectivity index (χ4n) is 1.51. The Morgan fingerprint density at radius 3 is 2.15 bits per heavy atom. The maximum atomic E-state index is 9.54. The molecule has 0 bridgehead atoms. The molecular formula is C17H31NO2. The topological polar surface area (TPSA) is 49.3 Å². The van der Waals surface area contributed by atoms with Crippen molar-refractivity contribution in [3.05, 3.63) is 35.4 Å². The predicted octanol–water partition coefficient (Wildman–Crippen LogP) is 3.48. The van der Waals surface area contributed by atoms with Crippen molar-refractivity contribution in [2.24, 2.45) is 0 Å². The van der Waals surface area contributed by atoms with Crippen LogP contribution >= 0.6 is 0 Å². The van der Waals surface area contributed by atoms with Crippen LogP contribution in [0.5, 0.6) is 0 Å². The van der Waals surface area contributed by atoms with Crippen molar-refractivity contribution in [2.45, 2.75) is 59.4 Å². The first-order valence-corrected chi connectivity index (χ1v) is 7.46. The summed E-state index contributed by atoms with van der Waals surface area (Å²) in [7, 11) is 1.00. The number of aliphatic hydroxyl groups excluding tert-OH is 1. The number of carbonyl (C=O) groups is 1. The van der Waals surface area contributed by atoms with Gasteiger partial charge < -0.3 is 10.4 Å². The molecule has 1 aliphatic rings. The first-order valence-electron chi connectivity index (χ1n) is 7.46. The van der Waals surface area contributed by atoms with Crippen molar-refractivity contribution >= 4 is 6.41 Å². The minimum absolute atomic E-state index is 0.530. The van der Waals surface area contributed by atoms with Gasteiger partial charge in [-0.25, -0.2) is 0 Å². The molecule has 20 heavy (non-hydrogen) atoms. The minimum Gasteiger partial charge on any atom is -0.400 e. The highest BCUT2D eigenvalue weighted by atomic mass is 16.2. The summed E-state index contributed by atoms with van der Waals surface area (Å²) in [5.41, 5.74) is 2.91. The average molecular weight is 281 g/mol. The molecule has 0 aromatic heterocycles. The largest absolute Gasteiger partial charge is 0.400 e. The molecule has 2 rings (SSSR count). The minimum atomic E-state index is 0.530. The van der Waals surface area contributed by atoms with Gasteiger partial charge in [-0.3, -0.25) is 4.79 Å². The Morgan fingerprint density at radius 2 is 1.80 bits per heavy atom. The van der Waals surface area contributed by atoms with Crippen LogP contribution in [-0.2, 0) is 11.2 Å².